The lowest BCUT2D eigenvalue weighted by Gasteiger charge is -2.33. The third kappa shape index (κ3) is 2.82. The van der Waals surface area contributed by atoms with E-state index in [4.69, 9.17) is 10.5 Å². The zero-order valence-electron chi connectivity index (χ0n) is 11.4. The Labute approximate surface area is 109 Å². The summed E-state index contributed by atoms with van der Waals surface area (Å²) in [6, 6.07) is 2.03. The summed E-state index contributed by atoms with van der Waals surface area (Å²) in [7, 11) is 0. The van der Waals surface area contributed by atoms with Crippen molar-refractivity contribution in [2.75, 3.05) is 24.6 Å². The average molecular weight is 249 g/mol. The second kappa shape index (κ2) is 6.16. The highest BCUT2D eigenvalue weighted by molar-refractivity contribution is 5.50. The Morgan fingerprint density at radius 2 is 2.17 bits per heavy atom. The van der Waals surface area contributed by atoms with Crippen LogP contribution in [0.5, 0.6) is 0 Å². The molecule has 0 spiro atoms. The van der Waals surface area contributed by atoms with Gasteiger partial charge in [-0.3, -0.25) is 0 Å². The molecule has 2 rings (SSSR count). The zero-order valence-corrected chi connectivity index (χ0v) is 11.4. The minimum atomic E-state index is 0.414. The Kier molecular flexibility index (Phi) is 4.55. The number of pyridine rings is 1. The molecule has 4 nitrogen and oxygen atoms in total. The number of rotatable bonds is 4. The predicted octanol–water partition coefficient (Wildman–Crippen LogP) is 1.85. The Balaban J connectivity index is 2.07. The van der Waals surface area contributed by atoms with Crippen molar-refractivity contribution < 1.29 is 4.74 Å². The summed E-state index contributed by atoms with van der Waals surface area (Å²) < 4.78 is 5.68. The van der Waals surface area contributed by atoms with Gasteiger partial charge in [0.05, 0.1) is 6.10 Å². The molecular weight excluding hydrogens is 226 g/mol. The summed E-state index contributed by atoms with van der Waals surface area (Å²) >= 11 is 0. The van der Waals surface area contributed by atoms with Crippen LogP contribution in [0.3, 0.4) is 0 Å². The molecule has 4 heteroatoms. The molecule has 0 aromatic carbocycles. The molecular formula is C14H23N3O. The summed E-state index contributed by atoms with van der Waals surface area (Å²) in [6.45, 7) is 7.53. The molecule has 100 valence electrons. The highest BCUT2D eigenvalue weighted by Gasteiger charge is 2.22. The van der Waals surface area contributed by atoms with Crippen molar-refractivity contribution in [2.24, 2.45) is 5.73 Å². The summed E-state index contributed by atoms with van der Waals surface area (Å²) in [5.74, 6) is 1.06. The molecule has 0 saturated carbocycles. The van der Waals surface area contributed by atoms with Crippen molar-refractivity contribution in [2.45, 2.75) is 39.3 Å². The van der Waals surface area contributed by atoms with E-state index in [1.807, 2.05) is 12.3 Å². The second-order valence-electron chi connectivity index (χ2n) is 4.78. The highest BCUT2D eigenvalue weighted by Crippen LogP contribution is 2.24. The van der Waals surface area contributed by atoms with Crippen LogP contribution in [0.2, 0.25) is 0 Å². The van der Waals surface area contributed by atoms with Crippen LogP contribution >= 0.6 is 0 Å². The lowest BCUT2D eigenvalue weighted by Crippen LogP contribution is -2.38. The van der Waals surface area contributed by atoms with Gasteiger partial charge in [-0.15, -0.1) is 0 Å². The number of ether oxygens (including phenoxy) is 1. The van der Waals surface area contributed by atoms with Crippen LogP contribution in [0.1, 0.15) is 30.9 Å². The van der Waals surface area contributed by atoms with E-state index in [-0.39, 0.29) is 0 Å². The van der Waals surface area contributed by atoms with E-state index in [9.17, 15) is 0 Å². The first-order chi connectivity index (χ1) is 8.76. The molecule has 2 N–H and O–H groups in total. The van der Waals surface area contributed by atoms with Crippen LogP contribution in [0.25, 0.3) is 0 Å². The monoisotopic (exact) mass is 249 g/mol. The number of aromatic nitrogens is 1. The van der Waals surface area contributed by atoms with E-state index in [1.54, 1.807) is 0 Å². The number of aryl methyl sites for hydroxylation is 1. The lowest BCUT2D eigenvalue weighted by atomic mass is 10.1. The summed E-state index contributed by atoms with van der Waals surface area (Å²) in [5.41, 5.74) is 8.25. The molecule has 0 amide bonds. The second-order valence-corrected chi connectivity index (χ2v) is 4.78. The first kappa shape index (κ1) is 13.3. The average Bonchev–Trinajstić information content (AvgIpc) is 2.40. The third-order valence-electron chi connectivity index (χ3n) is 3.62. The lowest BCUT2D eigenvalue weighted by molar-refractivity contribution is 0.0458. The van der Waals surface area contributed by atoms with E-state index >= 15 is 0 Å². The quantitative estimate of drug-likeness (QED) is 0.885. The van der Waals surface area contributed by atoms with E-state index in [1.165, 1.54) is 11.1 Å². The van der Waals surface area contributed by atoms with Crippen molar-refractivity contribution in [3.8, 4) is 0 Å². The fraction of sp³-hybridized carbons (Fsp3) is 0.643. The van der Waals surface area contributed by atoms with Crippen LogP contribution in [0.15, 0.2) is 12.3 Å². The van der Waals surface area contributed by atoms with Crippen molar-refractivity contribution >= 4 is 5.82 Å². The van der Waals surface area contributed by atoms with Gasteiger partial charge in [-0.1, -0.05) is 0 Å². The number of piperidine rings is 1. The molecule has 18 heavy (non-hydrogen) atoms. The molecule has 0 aliphatic carbocycles. The number of hydrogen-bond donors (Lipinski definition) is 1. The SMILES string of the molecule is CCOC1CCN(c2nccc(C)c2CN)CC1. The maximum absolute atomic E-state index is 5.84. The Bertz CT molecular complexity index is 387. The minimum Gasteiger partial charge on any atom is -0.378 e. The van der Waals surface area contributed by atoms with Gasteiger partial charge in [0.15, 0.2) is 0 Å². The van der Waals surface area contributed by atoms with E-state index in [2.05, 4.69) is 23.7 Å². The molecule has 2 heterocycles. The van der Waals surface area contributed by atoms with Crippen LogP contribution < -0.4 is 10.6 Å². The van der Waals surface area contributed by atoms with Gasteiger partial charge in [-0.2, -0.15) is 0 Å². The Morgan fingerprint density at radius 3 is 2.78 bits per heavy atom. The van der Waals surface area contributed by atoms with Gasteiger partial charge in [0.25, 0.3) is 0 Å². The van der Waals surface area contributed by atoms with Crippen molar-refractivity contribution in [3.63, 3.8) is 0 Å². The zero-order chi connectivity index (χ0) is 13.0. The standard InChI is InChI=1S/C14H23N3O/c1-3-18-12-5-8-17(9-6-12)14-13(10-15)11(2)4-7-16-14/h4,7,12H,3,5-6,8-10,15H2,1-2H3. The molecule has 1 saturated heterocycles. The van der Waals surface area contributed by atoms with E-state index in [0.717, 1.165) is 38.4 Å². The van der Waals surface area contributed by atoms with Crippen LogP contribution in [0.4, 0.5) is 5.82 Å². The van der Waals surface area contributed by atoms with Gasteiger partial charge in [0, 0.05) is 38.0 Å². The fourth-order valence-electron chi connectivity index (χ4n) is 2.57. The van der Waals surface area contributed by atoms with Gasteiger partial charge in [-0.25, -0.2) is 4.98 Å². The summed E-state index contributed by atoms with van der Waals surface area (Å²) in [4.78, 5) is 6.85. The molecule has 0 unspecified atom stereocenters. The summed E-state index contributed by atoms with van der Waals surface area (Å²) in [5, 5.41) is 0. The number of nitrogens with zero attached hydrogens (tertiary/aromatic N) is 2. The molecule has 1 aromatic heterocycles. The molecule has 0 bridgehead atoms. The van der Waals surface area contributed by atoms with Gasteiger partial charge in [-0.05, 0) is 38.3 Å². The van der Waals surface area contributed by atoms with E-state index < -0.39 is 0 Å². The fourth-order valence-corrected chi connectivity index (χ4v) is 2.57. The molecule has 1 fully saturated rings. The molecule has 1 aliphatic rings. The first-order valence-electron chi connectivity index (χ1n) is 6.77. The first-order valence-corrected chi connectivity index (χ1v) is 6.77. The number of hydrogen-bond acceptors (Lipinski definition) is 4. The number of anilines is 1. The maximum atomic E-state index is 5.84. The smallest absolute Gasteiger partial charge is 0.133 e. The van der Waals surface area contributed by atoms with Gasteiger partial charge in [0.2, 0.25) is 0 Å². The molecule has 1 aromatic rings. The van der Waals surface area contributed by atoms with Crippen LogP contribution in [0, 0.1) is 6.92 Å². The highest BCUT2D eigenvalue weighted by atomic mass is 16.5. The topological polar surface area (TPSA) is 51.4 Å². The Morgan fingerprint density at radius 1 is 1.44 bits per heavy atom. The van der Waals surface area contributed by atoms with E-state index in [0.29, 0.717) is 12.6 Å². The molecule has 1 aliphatic heterocycles. The largest absolute Gasteiger partial charge is 0.378 e. The van der Waals surface area contributed by atoms with Crippen LogP contribution in [-0.4, -0.2) is 30.8 Å². The number of nitrogens with two attached hydrogens (primary N) is 1. The molecule has 0 radical (unpaired) electrons. The van der Waals surface area contributed by atoms with Crippen molar-refractivity contribution in [3.05, 3.63) is 23.4 Å². The van der Waals surface area contributed by atoms with Gasteiger partial charge < -0.3 is 15.4 Å². The Hall–Kier alpha value is -1.13. The third-order valence-corrected chi connectivity index (χ3v) is 3.62. The maximum Gasteiger partial charge on any atom is 0.133 e. The normalized spacial score (nSPS) is 17.2. The van der Waals surface area contributed by atoms with Crippen molar-refractivity contribution in [1.29, 1.82) is 0 Å². The predicted molar refractivity (Wildman–Crippen MR) is 73.7 cm³/mol. The van der Waals surface area contributed by atoms with Gasteiger partial charge in [0.1, 0.15) is 5.82 Å². The van der Waals surface area contributed by atoms with Crippen molar-refractivity contribution in [1.82, 2.24) is 4.98 Å². The minimum absolute atomic E-state index is 0.414. The van der Waals surface area contributed by atoms with Crippen LogP contribution in [-0.2, 0) is 11.3 Å². The van der Waals surface area contributed by atoms with Gasteiger partial charge >= 0.3 is 0 Å². The summed E-state index contributed by atoms with van der Waals surface area (Å²) in [6.07, 6.45) is 4.44. The molecule has 0 atom stereocenters.